The van der Waals surface area contributed by atoms with Gasteiger partial charge in [0.25, 0.3) is 0 Å². The van der Waals surface area contributed by atoms with E-state index in [0.29, 0.717) is 0 Å². The summed E-state index contributed by atoms with van der Waals surface area (Å²) >= 11 is 0. The topological polar surface area (TPSA) is 61.8 Å². The third kappa shape index (κ3) is 1.25. The van der Waals surface area contributed by atoms with Crippen LogP contribution in [0.1, 0.15) is 13.8 Å². The number of fused-ring (bicyclic) bond motifs is 2. The predicted molar refractivity (Wildman–Crippen MR) is 53.5 cm³/mol. The Balaban J connectivity index is 2.35. The molecule has 2 aliphatic rings. The van der Waals surface area contributed by atoms with Crippen molar-refractivity contribution in [1.29, 1.82) is 0 Å². The maximum absolute atomic E-state index is 12.0. The smallest absolute Gasteiger partial charge is 0.322 e. The van der Waals surface area contributed by atoms with Crippen molar-refractivity contribution < 1.29 is 23.8 Å². The Morgan fingerprint density at radius 1 is 1.56 bits per heavy atom. The van der Waals surface area contributed by atoms with Crippen LogP contribution in [-0.2, 0) is 23.8 Å². The largest absolute Gasteiger partial charge is 0.465 e. The first-order chi connectivity index (χ1) is 7.49. The van der Waals surface area contributed by atoms with Gasteiger partial charge in [0, 0.05) is 7.11 Å². The lowest BCUT2D eigenvalue weighted by molar-refractivity contribution is -0.204. The third-order valence-electron chi connectivity index (χ3n) is 3.00. The molecular weight excluding hydrogens is 212 g/mol. The molecule has 0 N–H and O–H groups in total. The van der Waals surface area contributed by atoms with Gasteiger partial charge in [-0.25, -0.2) is 0 Å². The normalized spacial score (nSPS) is 40.4. The minimum atomic E-state index is -1.28. The van der Waals surface area contributed by atoms with Crippen LogP contribution in [0.3, 0.4) is 0 Å². The summed E-state index contributed by atoms with van der Waals surface area (Å²) in [5.41, 5.74) is -1.06. The molecule has 0 aromatic rings. The summed E-state index contributed by atoms with van der Waals surface area (Å²) in [6, 6.07) is 0. The average molecular weight is 226 g/mol. The molecule has 2 bridgehead atoms. The summed E-state index contributed by atoms with van der Waals surface area (Å²) in [4.78, 5) is 23.7. The Morgan fingerprint density at radius 3 is 2.81 bits per heavy atom. The Kier molecular flexibility index (Phi) is 2.40. The van der Waals surface area contributed by atoms with Gasteiger partial charge in [-0.1, -0.05) is 0 Å². The molecule has 2 rings (SSSR count). The van der Waals surface area contributed by atoms with Gasteiger partial charge in [0.05, 0.1) is 6.61 Å². The van der Waals surface area contributed by atoms with Crippen LogP contribution in [0.4, 0.5) is 0 Å². The lowest BCUT2D eigenvalue weighted by Gasteiger charge is -2.25. The monoisotopic (exact) mass is 226 g/mol. The minimum absolute atomic E-state index is 0.225. The number of rotatable bonds is 3. The Bertz CT molecular complexity index is 375. The second-order valence-electron chi connectivity index (χ2n) is 4.02. The van der Waals surface area contributed by atoms with E-state index in [2.05, 4.69) is 0 Å². The molecule has 0 aromatic heterocycles. The van der Waals surface area contributed by atoms with Crippen molar-refractivity contribution in [3.05, 3.63) is 12.2 Å². The summed E-state index contributed by atoms with van der Waals surface area (Å²) in [6.07, 6.45) is 3.23. The second kappa shape index (κ2) is 3.40. The SMILES string of the molecule is CCOC(=O)C1C(=O)[C@]2(C)C=C[C@@]1(OC)O2. The lowest BCUT2D eigenvalue weighted by atomic mass is 9.84. The number of ether oxygens (including phenoxy) is 3. The van der Waals surface area contributed by atoms with Gasteiger partial charge in [0.15, 0.2) is 11.7 Å². The van der Waals surface area contributed by atoms with E-state index in [0.717, 1.165) is 0 Å². The second-order valence-corrected chi connectivity index (χ2v) is 4.02. The maximum Gasteiger partial charge on any atom is 0.322 e. The molecule has 16 heavy (non-hydrogen) atoms. The van der Waals surface area contributed by atoms with Crippen LogP contribution in [0, 0.1) is 5.92 Å². The van der Waals surface area contributed by atoms with Crippen LogP contribution in [0.2, 0.25) is 0 Å². The molecule has 2 heterocycles. The molecule has 2 aliphatic heterocycles. The van der Waals surface area contributed by atoms with Crippen molar-refractivity contribution in [3.63, 3.8) is 0 Å². The number of ketones is 1. The third-order valence-corrected chi connectivity index (χ3v) is 3.00. The van der Waals surface area contributed by atoms with E-state index in [9.17, 15) is 9.59 Å². The molecule has 5 nitrogen and oxygen atoms in total. The summed E-state index contributed by atoms with van der Waals surface area (Å²) < 4.78 is 15.5. The molecule has 0 aliphatic carbocycles. The first kappa shape index (κ1) is 11.3. The van der Waals surface area contributed by atoms with Gasteiger partial charge < -0.3 is 14.2 Å². The molecule has 3 atom stereocenters. The summed E-state index contributed by atoms with van der Waals surface area (Å²) in [5.74, 6) is -3.21. The Morgan fingerprint density at radius 2 is 2.25 bits per heavy atom. The van der Waals surface area contributed by atoms with E-state index in [-0.39, 0.29) is 12.4 Å². The fourth-order valence-corrected chi connectivity index (χ4v) is 2.16. The van der Waals surface area contributed by atoms with Crippen molar-refractivity contribution in [1.82, 2.24) is 0 Å². The van der Waals surface area contributed by atoms with Crippen molar-refractivity contribution >= 4 is 11.8 Å². The van der Waals surface area contributed by atoms with Gasteiger partial charge in [-0.3, -0.25) is 9.59 Å². The van der Waals surface area contributed by atoms with Crippen molar-refractivity contribution in [2.45, 2.75) is 25.2 Å². The van der Waals surface area contributed by atoms with Crippen LogP contribution in [0.25, 0.3) is 0 Å². The van der Waals surface area contributed by atoms with Crippen LogP contribution >= 0.6 is 0 Å². The highest BCUT2D eigenvalue weighted by molar-refractivity contribution is 6.08. The van der Waals surface area contributed by atoms with E-state index in [1.807, 2.05) is 0 Å². The number of hydrogen-bond acceptors (Lipinski definition) is 5. The fraction of sp³-hybridized carbons (Fsp3) is 0.636. The predicted octanol–water partition coefficient (Wildman–Crippen LogP) is 0.436. The molecule has 1 saturated heterocycles. The zero-order chi connectivity index (χ0) is 12.0. The number of esters is 1. The van der Waals surface area contributed by atoms with Crippen LogP contribution in [0.15, 0.2) is 12.2 Å². The van der Waals surface area contributed by atoms with Crippen LogP contribution < -0.4 is 0 Å². The molecular formula is C11H14O5. The van der Waals surface area contributed by atoms with Crippen molar-refractivity contribution in [3.8, 4) is 0 Å². The van der Waals surface area contributed by atoms with E-state index < -0.39 is 23.3 Å². The van der Waals surface area contributed by atoms with Gasteiger partial charge in [-0.15, -0.1) is 0 Å². The van der Waals surface area contributed by atoms with Crippen molar-refractivity contribution in [2.24, 2.45) is 5.92 Å². The van der Waals surface area contributed by atoms with Gasteiger partial charge in [0.1, 0.15) is 5.60 Å². The van der Waals surface area contributed by atoms with E-state index in [4.69, 9.17) is 14.2 Å². The van der Waals surface area contributed by atoms with E-state index in [1.54, 1.807) is 26.0 Å². The first-order valence-corrected chi connectivity index (χ1v) is 5.16. The molecule has 0 spiro atoms. The molecule has 1 fully saturated rings. The fourth-order valence-electron chi connectivity index (χ4n) is 2.16. The molecule has 88 valence electrons. The zero-order valence-corrected chi connectivity index (χ0v) is 9.48. The first-order valence-electron chi connectivity index (χ1n) is 5.16. The molecule has 0 amide bonds. The van der Waals surface area contributed by atoms with E-state index >= 15 is 0 Å². The zero-order valence-electron chi connectivity index (χ0n) is 9.48. The lowest BCUT2D eigenvalue weighted by Crippen LogP contribution is -2.44. The minimum Gasteiger partial charge on any atom is -0.465 e. The highest BCUT2D eigenvalue weighted by Gasteiger charge is 2.66. The standard InChI is InChI=1S/C11H14O5/c1-4-15-9(13)7-8(12)10(2)5-6-11(7,14-3)16-10/h5-7H,4H2,1-3H3/t7?,10-,11+/m0/s1. The summed E-state index contributed by atoms with van der Waals surface area (Å²) in [5, 5.41) is 0. The Hall–Kier alpha value is -1.20. The molecule has 0 aromatic carbocycles. The number of Topliss-reactive ketones (excluding diaryl/α,β-unsaturated/α-hetero) is 1. The Labute approximate surface area is 93.4 Å². The molecule has 0 radical (unpaired) electrons. The number of carbonyl (C=O) groups is 2. The van der Waals surface area contributed by atoms with Gasteiger partial charge >= 0.3 is 5.97 Å². The molecule has 5 heteroatoms. The van der Waals surface area contributed by atoms with Crippen LogP contribution in [-0.4, -0.2) is 36.9 Å². The summed E-state index contributed by atoms with van der Waals surface area (Å²) in [6.45, 7) is 3.53. The molecule has 1 unspecified atom stereocenters. The number of hydrogen-bond donors (Lipinski definition) is 0. The van der Waals surface area contributed by atoms with E-state index in [1.165, 1.54) is 7.11 Å². The van der Waals surface area contributed by atoms with Crippen molar-refractivity contribution in [2.75, 3.05) is 13.7 Å². The van der Waals surface area contributed by atoms with Gasteiger partial charge in [-0.05, 0) is 26.0 Å². The maximum atomic E-state index is 12.0. The summed E-state index contributed by atoms with van der Waals surface area (Å²) in [7, 11) is 1.40. The highest BCUT2D eigenvalue weighted by atomic mass is 16.7. The molecule has 0 saturated carbocycles. The average Bonchev–Trinajstić information content (AvgIpc) is 2.69. The van der Waals surface area contributed by atoms with Gasteiger partial charge in [0.2, 0.25) is 5.79 Å². The van der Waals surface area contributed by atoms with Gasteiger partial charge in [-0.2, -0.15) is 0 Å². The van der Waals surface area contributed by atoms with Crippen LogP contribution in [0.5, 0.6) is 0 Å². The highest BCUT2D eigenvalue weighted by Crippen LogP contribution is 2.47. The number of carbonyl (C=O) groups excluding carboxylic acids is 2. The number of methoxy groups -OCH3 is 1. The quantitative estimate of drug-likeness (QED) is 0.397.